The fraction of sp³-hybridized carbons (Fsp3) is 0.278. The smallest absolute Gasteiger partial charge is 0.534 e. The lowest BCUT2D eigenvalue weighted by Crippen LogP contribution is -2.53. The number of benzene rings is 1. The average molecular weight is 384 g/mol. The summed E-state index contributed by atoms with van der Waals surface area (Å²) in [6.45, 7) is 0.608. The molecular weight excluding hydrogens is 363 g/mol. The van der Waals surface area contributed by atoms with E-state index in [0.717, 1.165) is 11.1 Å². The summed E-state index contributed by atoms with van der Waals surface area (Å²) in [6, 6.07) is 6.44. The van der Waals surface area contributed by atoms with E-state index in [1.165, 1.54) is 6.07 Å². The summed E-state index contributed by atoms with van der Waals surface area (Å²) in [5, 5.41) is 22.2. The summed E-state index contributed by atoms with van der Waals surface area (Å²) < 4.78 is 5.37. The van der Waals surface area contributed by atoms with Crippen molar-refractivity contribution < 1.29 is 24.4 Å². The van der Waals surface area contributed by atoms with Crippen molar-refractivity contribution in [2.75, 3.05) is 0 Å². The molecule has 1 aliphatic heterocycles. The quantitative estimate of drug-likeness (QED) is 0.412. The van der Waals surface area contributed by atoms with E-state index >= 15 is 0 Å². The molecule has 7 N–H and O–H groups in total. The number of nitrogens with two attached hydrogens (primary N) is 2. The zero-order valence-electron chi connectivity index (χ0n) is 15.1. The van der Waals surface area contributed by atoms with Crippen LogP contribution in [0.4, 0.5) is 0 Å². The molecule has 0 saturated heterocycles. The molecule has 0 bridgehead atoms. The molecular formula is C18H21BN4O5. The second-order valence-electron chi connectivity index (χ2n) is 6.51. The monoisotopic (exact) mass is 384 g/mol. The highest BCUT2D eigenvalue weighted by atomic mass is 16.5. The number of carbonyl (C=O) groups excluding carboxylic acids is 1. The lowest BCUT2D eigenvalue weighted by molar-refractivity contribution is -0.120. The number of carboxylic acids is 1. The van der Waals surface area contributed by atoms with Gasteiger partial charge in [-0.2, -0.15) is 0 Å². The van der Waals surface area contributed by atoms with Crippen molar-refractivity contribution in [3.8, 4) is 5.75 Å². The predicted octanol–water partition coefficient (Wildman–Crippen LogP) is -0.621. The van der Waals surface area contributed by atoms with Crippen LogP contribution in [0.15, 0.2) is 30.5 Å². The first-order valence-electron chi connectivity index (χ1n) is 8.79. The van der Waals surface area contributed by atoms with Crippen LogP contribution < -0.4 is 21.4 Å². The van der Waals surface area contributed by atoms with Gasteiger partial charge in [-0.05, 0) is 35.2 Å². The Hall–Kier alpha value is -2.95. The third-order valence-electron chi connectivity index (χ3n) is 4.62. The summed E-state index contributed by atoms with van der Waals surface area (Å²) in [7, 11) is -1.36. The number of para-hydroxylation sites is 1. The predicted molar refractivity (Wildman–Crippen MR) is 101 cm³/mol. The Morgan fingerprint density at radius 1 is 1.29 bits per heavy atom. The number of nitrogens with one attached hydrogen (secondary N) is 1. The molecule has 28 heavy (non-hydrogen) atoms. The van der Waals surface area contributed by atoms with E-state index in [-0.39, 0.29) is 30.1 Å². The number of hydrogen-bond acceptors (Lipinski definition) is 7. The van der Waals surface area contributed by atoms with Crippen LogP contribution in [0, 0.1) is 0 Å². The standard InChI is InChI=1S/C18H21BN4O5/c20-7-11-4-13(22-9-12(11)8-21)6-16(24)23-15-5-10-2-1-3-14(18(25)26)17(10)28-19(15)27/h1-4,9,15,27H,5-8,20-21H2,(H,23,24)(H,25,26)/t15-/m0/s1. The molecule has 9 nitrogen and oxygen atoms in total. The van der Waals surface area contributed by atoms with Crippen molar-refractivity contribution in [3.63, 3.8) is 0 Å². The molecule has 1 aromatic heterocycles. The zero-order valence-corrected chi connectivity index (χ0v) is 15.1. The summed E-state index contributed by atoms with van der Waals surface area (Å²) >= 11 is 0. The number of amides is 1. The molecule has 0 fully saturated rings. The van der Waals surface area contributed by atoms with Gasteiger partial charge in [0, 0.05) is 25.0 Å². The molecule has 10 heteroatoms. The Morgan fingerprint density at radius 2 is 2.04 bits per heavy atom. The van der Waals surface area contributed by atoms with Crippen molar-refractivity contribution in [1.29, 1.82) is 0 Å². The number of rotatable bonds is 6. The Bertz CT molecular complexity index is 908. The van der Waals surface area contributed by atoms with Crippen LogP contribution in [-0.2, 0) is 30.7 Å². The summed E-state index contributed by atoms with van der Waals surface area (Å²) in [4.78, 5) is 27.9. The van der Waals surface area contributed by atoms with Gasteiger partial charge in [0.2, 0.25) is 5.91 Å². The second-order valence-corrected chi connectivity index (χ2v) is 6.51. The molecule has 1 amide bonds. The van der Waals surface area contributed by atoms with E-state index in [2.05, 4.69) is 10.3 Å². The van der Waals surface area contributed by atoms with Crippen LogP contribution in [0.1, 0.15) is 32.7 Å². The minimum atomic E-state index is -1.36. The largest absolute Gasteiger partial charge is 0.547 e. The van der Waals surface area contributed by atoms with Gasteiger partial charge in [-0.15, -0.1) is 0 Å². The van der Waals surface area contributed by atoms with Crippen molar-refractivity contribution in [3.05, 3.63) is 58.4 Å². The van der Waals surface area contributed by atoms with E-state index in [0.29, 0.717) is 24.3 Å². The van der Waals surface area contributed by atoms with Gasteiger partial charge in [-0.25, -0.2) is 4.79 Å². The van der Waals surface area contributed by atoms with E-state index in [1.54, 1.807) is 24.4 Å². The molecule has 0 spiro atoms. The van der Waals surface area contributed by atoms with Gasteiger partial charge in [0.1, 0.15) is 5.75 Å². The molecule has 0 radical (unpaired) electrons. The van der Waals surface area contributed by atoms with Gasteiger partial charge in [0.05, 0.1) is 17.9 Å². The molecule has 1 atom stereocenters. The van der Waals surface area contributed by atoms with Crippen LogP contribution in [-0.4, -0.2) is 40.1 Å². The highest BCUT2D eigenvalue weighted by Crippen LogP contribution is 2.30. The first-order valence-corrected chi connectivity index (χ1v) is 8.79. The van der Waals surface area contributed by atoms with Crippen LogP contribution in [0.5, 0.6) is 5.75 Å². The lowest BCUT2D eigenvalue weighted by Gasteiger charge is -2.28. The second kappa shape index (κ2) is 8.38. The summed E-state index contributed by atoms with van der Waals surface area (Å²) in [5.74, 6) is -2.07. The summed E-state index contributed by atoms with van der Waals surface area (Å²) in [6.07, 6.45) is 1.85. The minimum Gasteiger partial charge on any atom is -0.534 e. The topological polar surface area (TPSA) is 161 Å². The highest BCUT2D eigenvalue weighted by molar-refractivity contribution is 6.47. The van der Waals surface area contributed by atoms with E-state index in [9.17, 15) is 19.7 Å². The van der Waals surface area contributed by atoms with Gasteiger partial charge >= 0.3 is 13.1 Å². The number of carbonyl (C=O) groups is 2. The van der Waals surface area contributed by atoms with Gasteiger partial charge in [0.25, 0.3) is 0 Å². The maximum atomic E-state index is 12.4. The van der Waals surface area contributed by atoms with Crippen molar-refractivity contribution >= 4 is 19.0 Å². The van der Waals surface area contributed by atoms with Gasteiger partial charge in [0.15, 0.2) is 0 Å². The zero-order chi connectivity index (χ0) is 20.3. The van der Waals surface area contributed by atoms with E-state index in [1.807, 2.05) is 0 Å². The van der Waals surface area contributed by atoms with Crippen LogP contribution in [0.3, 0.4) is 0 Å². The number of hydrogen-bond donors (Lipinski definition) is 5. The van der Waals surface area contributed by atoms with Gasteiger partial charge < -0.3 is 31.6 Å². The highest BCUT2D eigenvalue weighted by Gasteiger charge is 2.37. The number of nitrogens with zero attached hydrogens (tertiary/aromatic N) is 1. The number of aromatic nitrogens is 1. The van der Waals surface area contributed by atoms with Crippen LogP contribution >= 0.6 is 0 Å². The number of aromatic carboxylic acids is 1. The average Bonchev–Trinajstić information content (AvgIpc) is 2.67. The third-order valence-corrected chi connectivity index (χ3v) is 4.62. The molecule has 0 unspecified atom stereocenters. The van der Waals surface area contributed by atoms with Crippen LogP contribution in [0.25, 0.3) is 0 Å². The molecule has 146 valence electrons. The molecule has 0 aliphatic carbocycles. The van der Waals surface area contributed by atoms with Crippen molar-refractivity contribution in [2.45, 2.75) is 31.9 Å². The van der Waals surface area contributed by atoms with E-state index in [4.69, 9.17) is 16.1 Å². The number of pyridine rings is 1. The van der Waals surface area contributed by atoms with Crippen molar-refractivity contribution in [1.82, 2.24) is 10.3 Å². The molecule has 2 heterocycles. The fourth-order valence-corrected chi connectivity index (χ4v) is 3.18. The Morgan fingerprint density at radius 3 is 2.71 bits per heavy atom. The minimum absolute atomic E-state index is 0.00307. The first-order chi connectivity index (χ1) is 13.4. The summed E-state index contributed by atoms with van der Waals surface area (Å²) in [5.41, 5.74) is 14.1. The molecule has 2 aromatic rings. The maximum absolute atomic E-state index is 12.4. The van der Waals surface area contributed by atoms with Gasteiger partial charge in [-0.3, -0.25) is 9.78 Å². The van der Waals surface area contributed by atoms with Crippen LogP contribution in [0.2, 0.25) is 0 Å². The molecule has 1 aliphatic rings. The Labute approximate surface area is 161 Å². The molecule has 1 aromatic carbocycles. The normalized spacial score (nSPS) is 15.5. The molecule has 3 rings (SSSR count). The third kappa shape index (κ3) is 4.14. The van der Waals surface area contributed by atoms with E-state index < -0.39 is 19.0 Å². The Balaban J connectivity index is 1.70. The first kappa shape index (κ1) is 19.8. The SMILES string of the molecule is NCc1cnc(CC(=O)N[C@H]2Cc3cccc(C(=O)O)c3OB2O)cc1CN. The lowest BCUT2D eigenvalue weighted by atomic mass is 9.72. The number of fused-ring (bicyclic) bond motifs is 1. The number of carboxylic acid groups (broad SMARTS) is 1. The fourth-order valence-electron chi connectivity index (χ4n) is 3.18. The maximum Gasteiger partial charge on any atom is 0.547 e. The Kier molecular flexibility index (Phi) is 5.93. The van der Waals surface area contributed by atoms with Crippen molar-refractivity contribution in [2.24, 2.45) is 11.5 Å². The van der Waals surface area contributed by atoms with Gasteiger partial charge in [-0.1, -0.05) is 12.1 Å². The molecule has 0 saturated carbocycles.